The van der Waals surface area contributed by atoms with Crippen LogP contribution in [0.15, 0.2) is 40.0 Å². The molecule has 0 saturated heterocycles. The summed E-state index contributed by atoms with van der Waals surface area (Å²) in [6.45, 7) is 0.893. The Balaban J connectivity index is 1.66. The lowest BCUT2D eigenvalue weighted by Gasteiger charge is -2.05. The minimum atomic E-state index is 0.155. The molecule has 0 N–H and O–H groups in total. The molecular formula is C19H26O2S2. The van der Waals surface area contributed by atoms with Crippen molar-refractivity contribution in [2.45, 2.75) is 49.8 Å². The van der Waals surface area contributed by atoms with E-state index in [1.54, 1.807) is 13.2 Å². The Labute approximate surface area is 147 Å². The first kappa shape index (κ1) is 18.5. The van der Waals surface area contributed by atoms with Crippen molar-refractivity contribution in [2.75, 3.05) is 19.5 Å². The van der Waals surface area contributed by atoms with Gasteiger partial charge in [-0.15, -0.1) is 11.8 Å². The molecule has 2 rings (SSSR count). The standard InChI is InChI=1S/C19H26O2S2/c1-21-13-9-5-3-2-4-6-10-14-22-18-15-19(20)23-17-12-8-7-11-16(17)18/h7-8,11-12,15H,2-6,9-10,13-14H2,1H3. The van der Waals surface area contributed by atoms with Crippen LogP contribution in [0.5, 0.6) is 0 Å². The van der Waals surface area contributed by atoms with Crippen LogP contribution in [0, 0.1) is 0 Å². The summed E-state index contributed by atoms with van der Waals surface area (Å²) < 4.78 is 6.31. The summed E-state index contributed by atoms with van der Waals surface area (Å²) in [5.74, 6) is 1.10. The molecule has 126 valence electrons. The van der Waals surface area contributed by atoms with Crippen LogP contribution in [0.25, 0.3) is 10.1 Å². The summed E-state index contributed by atoms with van der Waals surface area (Å²) in [6.07, 6.45) is 8.95. The molecule has 0 amide bonds. The first-order valence-electron chi connectivity index (χ1n) is 8.46. The fourth-order valence-corrected chi connectivity index (χ4v) is 4.68. The molecule has 0 radical (unpaired) electrons. The van der Waals surface area contributed by atoms with Gasteiger partial charge in [0.25, 0.3) is 0 Å². The second-order valence-corrected chi connectivity index (χ2v) is 7.93. The molecule has 0 bridgehead atoms. The van der Waals surface area contributed by atoms with Gasteiger partial charge in [0.05, 0.1) is 0 Å². The van der Waals surface area contributed by atoms with Crippen molar-refractivity contribution >= 4 is 33.2 Å². The van der Waals surface area contributed by atoms with Gasteiger partial charge >= 0.3 is 0 Å². The molecule has 0 unspecified atom stereocenters. The Bertz CT molecular complexity index is 637. The minimum absolute atomic E-state index is 0.155. The number of thioether (sulfide) groups is 1. The largest absolute Gasteiger partial charge is 0.385 e. The van der Waals surface area contributed by atoms with Gasteiger partial charge in [-0.25, -0.2) is 0 Å². The maximum absolute atomic E-state index is 11.8. The van der Waals surface area contributed by atoms with Crippen LogP contribution in [-0.4, -0.2) is 19.5 Å². The predicted octanol–water partition coefficient (Wildman–Crippen LogP) is 5.73. The number of hydrogen-bond acceptors (Lipinski definition) is 4. The van der Waals surface area contributed by atoms with Crippen molar-refractivity contribution < 1.29 is 4.74 Å². The van der Waals surface area contributed by atoms with E-state index in [0.29, 0.717) is 0 Å². The Morgan fingerprint density at radius 3 is 2.48 bits per heavy atom. The fraction of sp³-hybridized carbons (Fsp3) is 0.526. The quantitative estimate of drug-likeness (QED) is 0.382. The summed E-state index contributed by atoms with van der Waals surface area (Å²) in [7, 11) is 1.77. The fourth-order valence-electron chi connectivity index (χ4n) is 2.62. The van der Waals surface area contributed by atoms with Crippen LogP contribution in [0.1, 0.15) is 44.9 Å². The second-order valence-electron chi connectivity index (χ2n) is 5.74. The molecule has 2 nitrogen and oxygen atoms in total. The first-order valence-corrected chi connectivity index (χ1v) is 10.3. The maximum Gasteiger partial charge on any atom is 0.234 e. The van der Waals surface area contributed by atoms with Crippen LogP contribution in [0.3, 0.4) is 0 Å². The minimum Gasteiger partial charge on any atom is -0.385 e. The summed E-state index contributed by atoms with van der Waals surface area (Å²) in [6, 6.07) is 10.0. The molecule has 0 fully saturated rings. The van der Waals surface area contributed by atoms with Crippen LogP contribution in [0.4, 0.5) is 0 Å². The Kier molecular flexibility index (Phi) is 8.72. The average molecular weight is 351 g/mol. The molecule has 23 heavy (non-hydrogen) atoms. The van der Waals surface area contributed by atoms with Gasteiger partial charge in [-0.3, -0.25) is 4.79 Å². The van der Waals surface area contributed by atoms with E-state index in [0.717, 1.165) is 22.0 Å². The number of hydrogen-bond donors (Lipinski definition) is 0. The Morgan fingerprint density at radius 2 is 1.70 bits per heavy atom. The highest BCUT2D eigenvalue weighted by Gasteiger charge is 2.04. The smallest absolute Gasteiger partial charge is 0.234 e. The molecule has 0 saturated carbocycles. The topological polar surface area (TPSA) is 26.3 Å². The van der Waals surface area contributed by atoms with Gasteiger partial charge in [-0.1, -0.05) is 61.6 Å². The van der Waals surface area contributed by atoms with Gasteiger partial charge in [-0.05, 0) is 24.7 Å². The van der Waals surface area contributed by atoms with Gasteiger partial charge in [0.15, 0.2) is 0 Å². The molecule has 1 aromatic carbocycles. The number of unbranched alkanes of at least 4 members (excludes halogenated alkanes) is 6. The van der Waals surface area contributed by atoms with Gasteiger partial charge in [0, 0.05) is 34.8 Å². The molecular weight excluding hydrogens is 324 g/mol. The zero-order valence-corrected chi connectivity index (χ0v) is 15.5. The zero-order valence-electron chi connectivity index (χ0n) is 13.9. The zero-order chi connectivity index (χ0) is 16.3. The van der Waals surface area contributed by atoms with E-state index in [2.05, 4.69) is 6.07 Å². The molecule has 0 spiro atoms. The summed E-state index contributed by atoms with van der Waals surface area (Å²) in [5.41, 5.74) is 0. The van der Waals surface area contributed by atoms with Gasteiger partial charge in [0.1, 0.15) is 0 Å². The van der Waals surface area contributed by atoms with Gasteiger partial charge in [0.2, 0.25) is 4.74 Å². The number of fused-ring (bicyclic) bond motifs is 1. The summed E-state index contributed by atoms with van der Waals surface area (Å²) >= 11 is 3.17. The Hall–Kier alpha value is -0.840. The number of methoxy groups -OCH3 is 1. The van der Waals surface area contributed by atoms with Crippen molar-refractivity contribution in [3.05, 3.63) is 39.9 Å². The highest BCUT2D eigenvalue weighted by atomic mass is 32.2. The van der Waals surface area contributed by atoms with E-state index in [1.807, 2.05) is 30.0 Å². The SMILES string of the molecule is COCCCCCCCCCSc1cc(=O)sc2ccccc12. The number of benzene rings is 1. The average Bonchev–Trinajstić information content (AvgIpc) is 2.56. The summed E-state index contributed by atoms with van der Waals surface area (Å²) in [4.78, 5) is 12.9. The second kappa shape index (κ2) is 10.8. The molecule has 2 aromatic rings. The molecule has 0 aliphatic carbocycles. The lowest BCUT2D eigenvalue weighted by Crippen LogP contribution is -1.93. The van der Waals surface area contributed by atoms with Crippen LogP contribution >= 0.6 is 23.1 Å². The van der Waals surface area contributed by atoms with Crippen LogP contribution in [0.2, 0.25) is 0 Å². The maximum atomic E-state index is 11.8. The van der Waals surface area contributed by atoms with Crippen molar-refractivity contribution in [1.29, 1.82) is 0 Å². The van der Waals surface area contributed by atoms with E-state index in [-0.39, 0.29) is 4.74 Å². The molecule has 1 aromatic heterocycles. The number of rotatable bonds is 11. The molecule has 0 atom stereocenters. The predicted molar refractivity (Wildman–Crippen MR) is 103 cm³/mol. The monoisotopic (exact) mass is 350 g/mol. The first-order chi connectivity index (χ1) is 11.3. The molecule has 0 aliphatic rings. The van der Waals surface area contributed by atoms with E-state index in [1.165, 1.54) is 61.7 Å². The molecule has 1 heterocycles. The lowest BCUT2D eigenvalue weighted by atomic mass is 10.1. The van der Waals surface area contributed by atoms with Crippen LogP contribution in [-0.2, 0) is 4.74 Å². The van der Waals surface area contributed by atoms with Crippen molar-refractivity contribution in [1.82, 2.24) is 0 Å². The number of ether oxygens (including phenoxy) is 1. The van der Waals surface area contributed by atoms with Crippen LogP contribution < -0.4 is 4.74 Å². The van der Waals surface area contributed by atoms with Gasteiger partial charge in [-0.2, -0.15) is 0 Å². The van der Waals surface area contributed by atoms with Crippen molar-refractivity contribution in [2.24, 2.45) is 0 Å². The third-order valence-electron chi connectivity index (χ3n) is 3.86. The van der Waals surface area contributed by atoms with Gasteiger partial charge < -0.3 is 4.74 Å². The lowest BCUT2D eigenvalue weighted by molar-refractivity contribution is 0.192. The molecule has 4 heteroatoms. The highest BCUT2D eigenvalue weighted by Crippen LogP contribution is 2.28. The van der Waals surface area contributed by atoms with Crippen molar-refractivity contribution in [3.8, 4) is 0 Å². The third kappa shape index (κ3) is 6.66. The van der Waals surface area contributed by atoms with E-state index in [9.17, 15) is 4.79 Å². The van der Waals surface area contributed by atoms with E-state index in [4.69, 9.17) is 4.74 Å². The van der Waals surface area contributed by atoms with E-state index < -0.39 is 0 Å². The third-order valence-corrected chi connectivity index (χ3v) is 5.90. The van der Waals surface area contributed by atoms with E-state index >= 15 is 0 Å². The van der Waals surface area contributed by atoms with Crippen molar-refractivity contribution in [3.63, 3.8) is 0 Å². The Morgan fingerprint density at radius 1 is 1.00 bits per heavy atom. The summed E-state index contributed by atoms with van der Waals surface area (Å²) in [5, 5.41) is 1.22. The highest BCUT2D eigenvalue weighted by molar-refractivity contribution is 7.99. The molecule has 0 aliphatic heterocycles. The normalized spacial score (nSPS) is 11.2.